The van der Waals surface area contributed by atoms with Crippen LogP contribution in [0.2, 0.25) is 12.6 Å². The summed E-state index contributed by atoms with van der Waals surface area (Å²) in [5.74, 6) is 0.875. The summed E-state index contributed by atoms with van der Waals surface area (Å²) in [6.07, 6.45) is 4.00. The third kappa shape index (κ3) is 3.12. The molecule has 0 nitrogen and oxygen atoms in total. The zero-order valence-electron chi connectivity index (χ0n) is 6.28. The van der Waals surface area contributed by atoms with Gasteiger partial charge in [-0.05, 0) is 0 Å². The molecule has 0 aromatic rings. The summed E-state index contributed by atoms with van der Waals surface area (Å²) in [5.41, 5.74) is 0. The van der Waals surface area contributed by atoms with Crippen molar-refractivity contribution in [2.24, 2.45) is 0 Å². The maximum Gasteiger partial charge on any atom is 0.110 e. The minimum atomic E-state index is 0.875. The average molecular weight is 111 g/mol. The monoisotopic (exact) mass is 111 g/mol. The van der Waals surface area contributed by atoms with E-state index < -0.39 is 0 Å². The van der Waals surface area contributed by atoms with Crippen LogP contribution in [-0.2, 0) is 0 Å². The highest BCUT2D eigenvalue weighted by Gasteiger charge is 2.00. The zero-order valence-corrected chi connectivity index (χ0v) is 6.28. The molecule has 0 spiro atoms. The third-order valence-electron chi connectivity index (χ3n) is 1.66. The van der Waals surface area contributed by atoms with Gasteiger partial charge in [-0.3, -0.25) is 0 Å². The van der Waals surface area contributed by atoms with Crippen molar-refractivity contribution >= 4 is 7.28 Å². The molecule has 0 aliphatic carbocycles. The van der Waals surface area contributed by atoms with Crippen molar-refractivity contribution in [2.45, 2.75) is 45.8 Å². The molecular weight excluding hydrogens is 94.9 g/mol. The first kappa shape index (κ1) is 8.06. The molecule has 1 radical (unpaired) electrons. The molecule has 0 fully saturated rings. The van der Waals surface area contributed by atoms with Crippen LogP contribution in [0.1, 0.15) is 33.1 Å². The van der Waals surface area contributed by atoms with E-state index in [2.05, 4.69) is 28.0 Å². The molecule has 8 heavy (non-hydrogen) atoms. The van der Waals surface area contributed by atoms with E-state index in [0.29, 0.717) is 0 Å². The van der Waals surface area contributed by atoms with E-state index in [-0.39, 0.29) is 0 Å². The summed E-state index contributed by atoms with van der Waals surface area (Å²) in [7, 11) is 2.31. The molecule has 0 aliphatic heterocycles. The standard InChI is InChI=1S/C7H16B/c1-4-6-7(5-2)8-3/h7H,4-6H2,1-3H3. The molecule has 1 atom stereocenters. The van der Waals surface area contributed by atoms with Crippen molar-refractivity contribution in [1.29, 1.82) is 0 Å². The van der Waals surface area contributed by atoms with Gasteiger partial charge < -0.3 is 0 Å². The van der Waals surface area contributed by atoms with Crippen LogP contribution < -0.4 is 0 Å². The fourth-order valence-corrected chi connectivity index (χ4v) is 0.977. The maximum atomic E-state index is 2.31. The van der Waals surface area contributed by atoms with Gasteiger partial charge in [0, 0.05) is 0 Å². The molecular formula is C7H16B. The van der Waals surface area contributed by atoms with E-state index in [1.807, 2.05) is 0 Å². The predicted octanol–water partition coefficient (Wildman–Crippen LogP) is 2.74. The molecule has 0 aromatic heterocycles. The average Bonchev–Trinajstić information content (AvgIpc) is 1.83. The lowest BCUT2D eigenvalue weighted by atomic mass is 9.64. The quantitative estimate of drug-likeness (QED) is 0.489. The van der Waals surface area contributed by atoms with Crippen LogP contribution in [0, 0.1) is 0 Å². The van der Waals surface area contributed by atoms with Crippen molar-refractivity contribution in [3.05, 3.63) is 0 Å². The summed E-state index contributed by atoms with van der Waals surface area (Å²) in [5, 5.41) is 0. The molecule has 0 aromatic carbocycles. The SMILES string of the molecule is C[B]C(CC)CCC. The van der Waals surface area contributed by atoms with Crippen molar-refractivity contribution in [1.82, 2.24) is 0 Å². The Morgan fingerprint density at radius 3 is 2.12 bits per heavy atom. The lowest BCUT2D eigenvalue weighted by Gasteiger charge is -2.07. The Morgan fingerprint density at radius 2 is 2.00 bits per heavy atom. The fourth-order valence-electron chi connectivity index (χ4n) is 0.977. The molecule has 47 valence electrons. The van der Waals surface area contributed by atoms with Crippen LogP contribution in [0.5, 0.6) is 0 Å². The van der Waals surface area contributed by atoms with Crippen LogP contribution in [0.3, 0.4) is 0 Å². The number of hydrogen-bond acceptors (Lipinski definition) is 0. The number of hydrogen-bond donors (Lipinski definition) is 0. The first-order chi connectivity index (χ1) is 3.85. The van der Waals surface area contributed by atoms with E-state index in [0.717, 1.165) is 5.82 Å². The minimum Gasteiger partial charge on any atom is -0.0917 e. The largest absolute Gasteiger partial charge is 0.110 e. The minimum absolute atomic E-state index is 0.875. The summed E-state index contributed by atoms with van der Waals surface area (Å²) in [6, 6.07) is 0. The van der Waals surface area contributed by atoms with Gasteiger partial charge in [0.05, 0.1) is 0 Å². The Balaban J connectivity index is 3.07. The summed E-state index contributed by atoms with van der Waals surface area (Å²) in [6.45, 7) is 6.65. The van der Waals surface area contributed by atoms with E-state index in [1.54, 1.807) is 0 Å². The summed E-state index contributed by atoms with van der Waals surface area (Å²) >= 11 is 0. The van der Waals surface area contributed by atoms with E-state index in [1.165, 1.54) is 19.3 Å². The Hall–Kier alpha value is 0.0649. The Kier molecular flexibility index (Phi) is 5.25. The maximum absolute atomic E-state index is 2.31. The molecule has 0 amide bonds. The fraction of sp³-hybridized carbons (Fsp3) is 1.00. The van der Waals surface area contributed by atoms with Crippen LogP contribution in [0.4, 0.5) is 0 Å². The van der Waals surface area contributed by atoms with Crippen molar-refractivity contribution < 1.29 is 0 Å². The van der Waals surface area contributed by atoms with Gasteiger partial charge in [-0.2, -0.15) is 0 Å². The lowest BCUT2D eigenvalue weighted by Crippen LogP contribution is -1.96. The zero-order chi connectivity index (χ0) is 6.41. The highest BCUT2D eigenvalue weighted by Crippen LogP contribution is 2.14. The molecule has 0 rings (SSSR count). The topological polar surface area (TPSA) is 0 Å². The molecule has 0 heterocycles. The van der Waals surface area contributed by atoms with Gasteiger partial charge in [0.15, 0.2) is 0 Å². The van der Waals surface area contributed by atoms with Crippen LogP contribution in [0.25, 0.3) is 0 Å². The van der Waals surface area contributed by atoms with Gasteiger partial charge in [-0.1, -0.05) is 45.8 Å². The van der Waals surface area contributed by atoms with Gasteiger partial charge in [0.1, 0.15) is 7.28 Å². The molecule has 0 N–H and O–H groups in total. The smallest absolute Gasteiger partial charge is 0.0917 e. The van der Waals surface area contributed by atoms with Crippen molar-refractivity contribution in [3.8, 4) is 0 Å². The van der Waals surface area contributed by atoms with Crippen LogP contribution in [0.15, 0.2) is 0 Å². The van der Waals surface area contributed by atoms with Crippen LogP contribution in [-0.4, -0.2) is 7.28 Å². The predicted molar refractivity (Wildman–Crippen MR) is 40.6 cm³/mol. The molecule has 0 saturated carbocycles. The second kappa shape index (κ2) is 5.21. The molecule has 0 saturated heterocycles. The molecule has 0 aliphatic rings. The first-order valence-corrected chi connectivity index (χ1v) is 3.64. The van der Waals surface area contributed by atoms with Gasteiger partial charge in [0.2, 0.25) is 0 Å². The molecule has 0 bridgehead atoms. The van der Waals surface area contributed by atoms with Crippen LogP contribution >= 0.6 is 0 Å². The molecule has 1 heteroatoms. The highest BCUT2D eigenvalue weighted by molar-refractivity contribution is 6.35. The second-order valence-corrected chi connectivity index (χ2v) is 2.29. The van der Waals surface area contributed by atoms with E-state index >= 15 is 0 Å². The van der Waals surface area contributed by atoms with E-state index in [9.17, 15) is 0 Å². The summed E-state index contributed by atoms with van der Waals surface area (Å²) in [4.78, 5) is 0. The third-order valence-corrected chi connectivity index (χ3v) is 1.66. The lowest BCUT2D eigenvalue weighted by molar-refractivity contribution is 0.694. The Labute approximate surface area is 53.9 Å². The Bertz CT molecular complexity index is 39.7. The van der Waals surface area contributed by atoms with Crippen molar-refractivity contribution in [3.63, 3.8) is 0 Å². The normalized spacial score (nSPS) is 13.4. The van der Waals surface area contributed by atoms with Crippen molar-refractivity contribution in [2.75, 3.05) is 0 Å². The molecule has 1 unspecified atom stereocenters. The number of rotatable bonds is 4. The van der Waals surface area contributed by atoms with Gasteiger partial charge >= 0.3 is 0 Å². The highest BCUT2D eigenvalue weighted by atomic mass is 13.9. The van der Waals surface area contributed by atoms with E-state index in [4.69, 9.17) is 0 Å². The first-order valence-electron chi connectivity index (χ1n) is 3.64. The summed E-state index contributed by atoms with van der Waals surface area (Å²) < 4.78 is 0. The Morgan fingerprint density at radius 1 is 1.38 bits per heavy atom. The second-order valence-electron chi connectivity index (χ2n) is 2.29. The van der Waals surface area contributed by atoms with Gasteiger partial charge in [-0.25, -0.2) is 0 Å². The van der Waals surface area contributed by atoms with Gasteiger partial charge in [-0.15, -0.1) is 0 Å². The van der Waals surface area contributed by atoms with Gasteiger partial charge in [0.25, 0.3) is 0 Å².